The molecule has 2 aromatic carbocycles. The molecular formula is C27H30N8OS. The lowest BCUT2D eigenvalue weighted by Crippen LogP contribution is -2.41. The van der Waals surface area contributed by atoms with Gasteiger partial charge in [0.05, 0.1) is 32.3 Å². The van der Waals surface area contributed by atoms with Crippen LogP contribution in [0, 0.1) is 5.92 Å². The Kier molecular flexibility index (Phi) is 6.00. The molecule has 1 fully saturated rings. The van der Waals surface area contributed by atoms with Gasteiger partial charge in [0.25, 0.3) is 5.91 Å². The van der Waals surface area contributed by atoms with Crippen LogP contribution in [0.2, 0.25) is 0 Å². The average molecular weight is 515 g/mol. The molecule has 1 aliphatic heterocycles. The zero-order valence-corrected chi connectivity index (χ0v) is 22.1. The molecule has 1 aliphatic rings. The van der Waals surface area contributed by atoms with E-state index < -0.39 is 0 Å². The number of amides is 1. The summed E-state index contributed by atoms with van der Waals surface area (Å²) in [6, 6.07) is 12.1. The molecule has 190 valence electrons. The Morgan fingerprint density at radius 2 is 2.00 bits per heavy atom. The van der Waals surface area contributed by atoms with E-state index in [1.54, 1.807) is 22.1 Å². The Bertz CT molecular complexity index is 1620. The van der Waals surface area contributed by atoms with Crippen LogP contribution in [-0.4, -0.2) is 67.5 Å². The van der Waals surface area contributed by atoms with E-state index in [1.165, 1.54) is 4.70 Å². The Morgan fingerprint density at radius 1 is 1.14 bits per heavy atom. The predicted molar refractivity (Wildman–Crippen MR) is 147 cm³/mol. The predicted octanol–water partition coefficient (Wildman–Crippen LogP) is 4.19. The van der Waals surface area contributed by atoms with Crippen LogP contribution in [0.25, 0.3) is 26.9 Å². The first-order chi connectivity index (χ1) is 17.9. The number of nitrogens with two attached hydrogens (primary N) is 1. The Morgan fingerprint density at radius 3 is 2.84 bits per heavy atom. The van der Waals surface area contributed by atoms with Gasteiger partial charge in [-0.1, -0.05) is 13.0 Å². The van der Waals surface area contributed by atoms with Gasteiger partial charge in [-0.15, -0.1) is 21.5 Å². The maximum absolute atomic E-state index is 14.0. The molecule has 6 rings (SSSR count). The van der Waals surface area contributed by atoms with Crippen LogP contribution < -0.4 is 5.73 Å². The molecular weight excluding hydrogens is 484 g/mol. The number of carbonyl (C=O) groups excluding carboxylic acids is 1. The summed E-state index contributed by atoms with van der Waals surface area (Å²) in [5.41, 5.74) is 10.8. The highest BCUT2D eigenvalue weighted by Crippen LogP contribution is 2.36. The molecule has 3 aromatic heterocycles. The number of rotatable bonds is 5. The second-order valence-electron chi connectivity index (χ2n) is 10.3. The van der Waals surface area contributed by atoms with Crippen molar-refractivity contribution in [3.05, 3.63) is 58.9 Å². The topological polar surface area (TPSA) is 106 Å². The molecule has 2 N–H and O–H groups in total. The second-order valence-corrected chi connectivity index (χ2v) is 11.4. The van der Waals surface area contributed by atoms with Gasteiger partial charge in [0, 0.05) is 25.1 Å². The van der Waals surface area contributed by atoms with Crippen molar-refractivity contribution in [3.63, 3.8) is 0 Å². The largest absolute Gasteiger partial charge is 0.381 e. The van der Waals surface area contributed by atoms with Gasteiger partial charge in [0.15, 0.2) is 5.82 Å². The Balaban J connectivity index is 1.34. The van der Waals surface area contributed by atoms with Crippen LogP contribution in [-0.2, 0) is 6.42 Å². The van der Waals surface area contributed by atoms with E-state index in [0.29, 0.717) is 35.0 Å². The lowest BCUT2D eigenvalue weighted by Gasteiger charge is -2.39. The molecule has 9 nitrogen and oxygen atoms in total. The number of thiazole rings is 1. The first kappa shape index (κ1) is 23.7. The van der Waals surface area contributed by atoms with Gasteiger partial charge >= 0.3 is 0 Å². The SMILES string of the molecule is CC1CCC(c2ccc3sc(CCN(C)C)nc3c2)N(C(=O)c2ccc3nc(N)c4nncn4c3c2)C1. The van der Waals surface area contributed by atoms with Gasteiger partial charge in [0.1, 0.15) is 6.33 Å². The molecule has 2 atom stereocenters. The number of hydrogen-bond donors (Lipinski definition) is 1. The lowest BCUT2D eigenvalue weighted by molar-refractivity contribution is 0.0545. The number of anilines is 1. The van der Waals surface area contributed by atoms with Crippen molar-refractivity contribution in [3.8, 4) is 0 Å². The molecule has 1 amide bonds. The van der Waals surface area contributed by atoms with E-state index in [2.05, 4.69) is 59.3 Å². The van der Waals surface area contributed by atoms with Crippen LogP contribution in [0.5, 0.6) is 0 Å². The number of hydrogen-bond acceptors (Lipinski definition) is 8. The lowest BCUT2D eigenvalue weighted by atomic mass is 9.89. The fraction of sp³-hybridized carbons (Fsp3) is 0.370. The number of benzene rings is 2. The van der Waals surface area contributed by atoms with E-state index in [4.69, 9.17) is 10.7 Å². The average Bonchev–Trinajstić information content (AvgIpc) is 3.54. The maximum atomic E-state index is 14.0. The first-order valence-corrected chi connectivity index (χ1v) is 13.4. The summed E-state index contributed by atoms with van der Waals surface area (Å²) in [7, 11) is 4.16. The summed E-state index contributed by atoms with van der Waals surface area (Å²) >= 11 is 1.76. The van der Waals surface area contributed by atoms with Crippen LogP contribution in [0.4, 0.5) is 5.82 Å². The second kappa shape index (κ2) is 9.35. The minimum absolute atomic E-state index is 0.00944. The molecule has 37 heavy (non-hydrogen) atoms. The van der Waals surface area contributed by atoms with Crippen LogP contribution in [0.15, 0.2) is 42.7 Å². The summed E-state index contributed by atoms with van der Waals surface area (Å²) < 4.78 is 2.98. The third kappa shape index (κ3) is 4.40. The van der Waals surface area contributed by atoms with E-state index in [-0.39, 0.29) is 11.9 Å². The van der Waals surface area contributed by atoms with Gasteiger partial charge in [-0.05, 0) is 68.8 Å². The minimum Gasteiger partial charge on any atom is -0.381 e. The summed E-state index contributed by atoms with van der Waals surface area (Å²) in [5.74, 6) is 0.769. The molecule has 0 aliphatic carbocycles. The molecule has 4 heterocycles. The van der Waals surface area contributed by atoms with Crippen LogP contribution in [0.1, 0.15) is 46.7 Å². The zero-order chi connectivity index (χ0) is 25.7. The molecule has 0 spiro atoms. The van der Waals surface area contributed by atoms with E-state index >= 15 is 0 Å². The Hall–Kier alpha value is -3.63. The number of fused-ring (bicyclic) bond motifs is 4. The third-order valence-corrected chi connectivity index (χ3v) is 8.29. The van der Waals surface area contributed by atoms with E-state index in [0.717, 1.165) is 47.4 Å². The molecule has 10 heteroatoms. The summed E-state index contributed by atoms with van der Waals surface area (Å²) in [4.78, 5) is 27.5. The van der Waals surface area contributed by atoms with Crippen molar-refractivity contribution in [1.82, 2.24) is 34.4 Å². The zero-order valence-electron chi connectivity index (χ0n) is 21.3. The Labute approximate surface area is 218 Å². The van der Waals surface area contributed by atoms with Gasteiger partial charge in [0.2, 0.25) is 5.65 Å². The highest BCUT2D eigenvalue weighted by molar-refractivity contribution is 7.18. The maximum Gasteiger partial charge on any atom is 0.254 e. The standard InChI is InChI=1S/C27H30N8OS/c1-16-4-8-21(17-6-9-23-20(12-17)30-24(37-23)10-11-33(2)3)34(14-16)27(36)18-5-7-19-22(13-18)35-15-29-32-26(35)25(28)31-19/h5-7,9,12-13,15-16,21H,4,8,10-11,14H2,1-3H3,(H2,28,31). The summed E-state index contributed by atoms with van der Waals surface area (Å²) in [6.45, 7) is 3.91. The van der Waals surface area contributed by atoms with Gasteiger partial charge in [-0.2, -0.15) is 0 Å². The number of likely N-dealkylation sites (tertiary alicyclic amines) is 1. The number of aromatic nitrogens is 5. The summed E-state index contributed by atoms with van der Waals surface area (Å²) in [6.07, 6.45) is 4.55. The smallest absolute Gasteiger partial charge is 0.254 e. The number of nitrogen functional groups attached to an aromatic ring is 1. The van der Waals surface area contributed by atoms with Gasteiger partial charge in [-0.25, -0.2) is 9.97 Å². The minimum atomic E-state index is 0.00944. The van der Waals surface area contributed by atoms with Crippen LogP contribution >= 0.6 is 11.3 Å². The summed E-state index contributed by atoms with van der Waals surface area (Å²) in [5, 5.41) is 9.19. The molecule has 0 saturated carbocycles. The number of piperidine rings is 1. The fourth-order valence-electron chi connectivity index (χ4n) is 5.22. The first-order valence-electron chi connectivity index (χ1n) is 12.6. The highest BCUT2D eigenvalue weighted by atomic mass is 32.1. The monoisotopic (exact) mass is 514 g/mol. The van der Waals surface area contributed by atoms with Crippen molar-refractivity contribution in [2.45, 2.75) is 32.2 Å². The van der Waals surface area contributed by atoms with Gasteiger partial charge < -0.3 is 15.5 Å². The molecule has 5 aromatic rings. The van der Waals surface area contributed by atoms with Crippen molar-refractivity contribution in [2.75, 3.05) is 32.9 Å². The van der Waals surface area contributed by atoms with E-state index in [9.17, 15) is 4.79 Å². The van der Waals surface area contributed by atoms with Crippen molar-refractivity contribution in [1.29, 1.82) is 0 Å². The number of likely N-dealkylation sites (N-methyl/N-ethyl adjacent to an activating group) is 1. The van der Waals surface area contributed by atoms with Crippen LogP contribution in [0.3, 0.4) is 0 Å². The molecule has 0 bridgehead atoms. The normalized spacial score (nSPS) is 18.4. The fourth-order valence-corrected chi connectivity index (χ4v) is 6.16. The molecule has 0 radical (unpaired) electrons. The van der Waals surface area contributed by atoms with E-state index in [1.807, 2.05) is 23.1 Å². The van der Waals surface area contributed by atoms with Gasteiger partial charge in [-0.3, -0.25) is 9.20 Å². The highest BCUT2D eigenvalue weighted by Gasteiger charge is 2.32. The molecule has 2 unspecified atom stereocenters. The number of nitrogens with zero attached hydrogens (tertiary/aromatic N) is 7. The quantitative estimate of drug-likeness (QED) is 0.375. The van der Waals surface area contributed by atoms with Crippen molar-refractivity contribution >= 4 is 50.0 Å². The van der Waals surface area contributed by atoms with Crippen molar-refractivity contribution in [2.24, 2.45) is 5.92 Å². The number of carbonyl (C=O) groups is 1. The molecule has 1 saturated heterocycles. The third-order valence-electron chi connectivity index (χ3n) is 7.19. The van der Waals surface area contributed by atoms with Crippen molar-refractivity contribution < 1.29 is 4.79 Å².